The van der Waals surface area contributed by atoms with Gasteiger partial charge >= 0.3 is 0 Å². The number of pyridine rings is 1. The number of hydrogen-bond acceptors (Lipinski definition) is 4. The lowest BCUT2D eigenvalue weighted by Gasteiger charge is -2.09. The van der Waals surface area contributed by atoms with Gasteiger partial charge in [0.2, 0.25) is 0 Å². The summed E-state index contributed by atoms with van der Waals surface area (Å²) in [6.45, 7) is 1.83. The number of methoxy groups -OCH3 is 1. The Hall–Kier alpha value is -3.41. The molecule has 26 heavy (non-hydrogen) atoms. The van der Waals surface area contributed by atoms with Crippen LogP contribution in [-0.2, 0) is 0 Å². The maximum absolute atomic E-state index is 14.1. The zero-order chi connectivity index (χ0) is 18.3. The van der Waals surface area contributed by atoms with Crippen molar-refractivity contribution in [2.45, 2.75) is 6.92 Å². The van der Waals surface area contributed by atoms with Crippen molar-refractivity contribution >= 4 is 22.8 Å². The highest BCUT2D eigenvalue weighted by Crippen LogP contribution is 2.39. The molecule has 4 rings (SSSR count). The molecule has 130 valence electrons. The van der Waals surface area contributed by atoms with Gasteiger partial charge in [0.25, 0.3) is 5.91 Å². The molecule has 0 saturated heterocycles. The molecule has 0 aliphatic carbocycles. The van der Waals surface area contributed by atoms with Gasteiger partial charge in [-0.15, -0.1) is 0 Å². The van der Waals surface area contributed by atoms with E-state index in [1.807, 2.05) is 6.92 Å². The predicted molar refractivity (Wildman–Crippen MR) is 96.3 cm³/mol. The van der Waals surface area contributed by atoms with Gasteiger partial charge in [-0.1, -0.05) is 0 Å². The van der Waals surface area contributed by atoms with Crippen LogP contribution in [0.3, 0.4) is 0 Å². The Bertz CT molecular complexity index is 1090. The second kappa shape index (κ2) is 6.15. The monoisotopic (exact) mass is 350 g/mol. The van der Waals surface area contributed by atoms with E-state index in [9.17, 15) is 9.18 Å². The summed E-state index contributed by atoms with van der Waals surface area (Å²) in [7, 11) is 1.57. The normalized spacial score (nSPS) is 11.0. The Morgan fingerprint density at radius 3 is 2.65 bits per heavy atom. The number of aromatic nitrogens is 1. The third kappa shape index (κ3) is 2.65. The lowest BCUT2D eigenvalue weighted by atomic mass is 9.99. The van der Waals surface area contributed by atoms with Crippen LogP contribution in [-0.4, -0.2) is 18.0 Å². The van der Waals surface area contributed by atoms with Crippen molar-refractivity contribution in [2.24, 2.45) is 0 Å². The molecule has 1 N–H and O–H groups in total. The first-order valence-electron chi connectivity index (χ1n) is 7.99. The number of hydrogen-bond donors (Lipinski definition) is 1. The first-order valence-corrected chi connectivity index (χ1v) is 7.99. The molecule has 3 aromatic heterocycles. The minimum atomic E-state index is -0.481. The quantitative estimate of drug-likeness (QED) is 0.582. The van der Waals surface area contributed by atoms with Crippen molar-refractivity contribution in [3.05, 3.63) is 65.7 Å². The van der Waals surface area contributed by atoms with Gasteiger partial charge in [-0.05, 0) is 48.9 Å². The van der Waals surface area contributed by atoms with Crippen LogP contribution in [0.2, 0.25) is 0 Å². The van der Waals surface area contributed by atoms with E-state index < -0.39 is 5.82 Å². The van der Waals surface area contributed by atoms with Crippen molar-refractivity contribution in [3.63, 3.8) is 0 Å². The molecule has 0 aliphatic heterocycles. The number of furan rings is 2. The highest BCUT2D eigenvalue weighted by atomic mass is 19.1. The average Bonchev–Trinajstić information content (AvgIpc) is 3.19. The highest BCUT2D eigenvalue weighted by molar-refractivity contribution is 6.16. The number of halogens is 1. The Labute approximate surface area is 148 Å². The van der Waals surface area contributed by atoms with E-state index in [1.54, 1.807) is 49.7 Å². The molecule has 4 aromatic rings. The molecule has 6 heteroatoms. The smallest absolute Gasteiger partial charge is 0.260 e. The Morgan fingerprint density at radius 2 is 1.96 bits per heavy atom. The fourth-order valence-electron chi connectivity index (χ4n) is 2.97. The topological polar surface area (TPSA) is 64.4 Å². The van der Waals surface area contributed by atoms with E-state index in [0.29, 0.717) is 28.1 Å². The minimum Gasteiger partial charge on any atom is -0.497 e. The second-order valence-corrected chi connectivity index (χ2v) is 5.91. The number of aryl methyl sites for hydroxylation is 1. The van der Waals surface area contributed by atoms with Crippen molar-refractivity contribution < 1.29 is 18.3 Å². The van der Waals surface area contributed by atoms with Crippen LogP contribution in [0.5, 0.6) is 5.75 Å². The summed E-state index contributed by atoms with van der Waals surface area (Å²) in [4.78, 5) is 17.0. The molecule has 0 aliphatic rings. The second-order valence-electron chi connectivity index (χ2n) is 5.91. The largest absolute Gasteiger partial charge is 0.497 e. The number of amides is 1. The molecule has 1 aromatic carbocycles. The number of carbonyl (C=O) groups is 1. The van der Waals surface area contributed by atoms with E-state index in [0.717, 1.165) is 5.69 Å². The number of ether oxygens (including phenoxy) is 1. The van der Waals surface area contributed by atoms with E-state index in [1.165, 1.54) is 6.07 Å². The van der Waals surface area contributed by atoms with Crippen LogP contribution in [0, 0.1) is 12.7 Å². The summed E-state index contributed by atoms with van der Waals surface area (Å²) in [6, 6.07) is 11.7. The van der Waals surface area contributed by atoms with Gasteiger partial charge in [0.05, 0.1) is 12.7 Å². The molecule has 5 nitrogen and oxygen atoms in total. The number of fused-ring (bicyclic) bond motifs is 2. The summed E-state index contributed by atoms with van der Waals surface area (Å²) in [5.74, 6) is -0.160. The Balaban J connectivity index is 1.75. The fourth-order valence-corrected chi connectivity index (χ4v) is 2.97. The van der Waals surface area contributed by atoms with Crippen LogP contribution in [0.1, 0.15) is 16.1 Å². The van der Waals surface area contributed by atoms with Gasteiger partial charge in [-0.2, -0.15) is 0 Å². The van der Waals surface area contributed by atoms with Crippen LogP contribution < -0.4 is 10.1 Å². The Kier molecular flexibility index (Phi) is 3.80. The molecule has 0 atom stereocenters. The number of nitrogens with zero attached hydrogens (tertiary/aromatic N) is 1. The number of benzene rings is 2. The fraction of sp³-hybridized carbons (Fsp3) is 0.100. The standard InChI is InChI=1S/C20H15FN2O3/c1-11-9-12(7-8-22-11)17-18(16-10-15(21)19(17)26-16)20(24)23-13-3-5-14(25-2)6-4-13/h3-10H,1-2H3,(H,23,24). The maximum atomic E-state index is 14.1. The van der Waals surface area contributed by atoms with Crippen LogP contribution in [0.4, 0.5) is 10.1 Å². The molecule has 0 saturated carbocycles. The van der Waals surface area contributed by atoms with Crippen molar-refractivity contribution in [1.82, 2.24) is 4.98 Å². The molecular weight excluding hydrogens is 335 g/mol. The lowest BCUT2D eigenvalue weighted by Crippen LogP contribution is -2.13. The number of anilines is 1. The third-order valence-electron chi connectivity index (χ3n) is 4.17. The zero-order valence-corrected chi connectivity index (χ0v) is 14.2. The van der Waals surface area contributed by atoms with Gasteiger partial charge < -0.3 is 14.5 Å². The predicted octanol–water partition coefficient (Wildman–Crippen LogP) is 4.64. The summed E-state index contributed by atoms with van der Waals surface area (Å²) in [5.41, 5.74) is 3.09. The van der Waals surface area contributed by atoms with Crippen LogP contribution in [0.25, 0.3) is 22.3 Å². The minimum absolute atomic E-state index is 0.0745. The molecule has 0 unspecified atom stereocenters. The summed E-state index contributed by atoms with van der Waals surface area (Å²) in [5, 5.41) is 2.82. The Morgan fingerprint density at radius 1 is 1.19 bits per heavy atom. The zero-order valence-electron chi connectivity index (χ0n) is 14.2. The number of rotatable bonds is 4. The maximum Gasteiger partial charge on any atom is 0.260 e. The first kappa shape index (κ1) is 16.1. The summed E-state index contributed by atoms with van der Waals surface area (Å²) in [6.07, 6.45) is 1.62. The molecule has 1 amide bonds. The summed E-state index contributed by atoms with van der Waals surface area (Å²) >= 11 is 0. The highest BCUT2D eigenvalue weighted by Gasteiger charge is 2.27. The van der Waals surface area contributed by atoms with Crippen molar-refractivity contribution in [3.8, 4) is 16.9 Å². The van der Waals surface area contributed by atoms with Crippen molar-refractivity contribution in [1.29, 1.82) is 0 Å². The van der Waals surface area contributed by atoms with E-state index >= 15 is 0 Å². The van der Waals surface area contributed by atoms with Crippen LogP contribution in [0.15, 0.2) is 53.1 Å². The molecule has 0 fully saturated rings. The lowest BCUT2D eigenvalue weighted by molar-refractivity contribution is 0.102. The van der Waals surface area contributed by atoms with Gasteiger partial charge in [-0.25, -0.2) is 4.39 Å². The van der Waals surface area contributed by atoms with Crippen molar-refractivity contribution in [2.75, 3.05) is 12.4 Å². The molecule has 0 radical (unpaired) electrons. The average molecular weight is 350 g/mol. The summed E-state index contributed by atoms with van der Waals surface area (Å²) < 4.78 is 24.7. The third-order valence-corrected chi connectivity index (χ3v) is 4.17. The molecule has 3 heterocycles. The van der Waals surface area contributed by atoms with Gasteiger partial charge in [0.15, 0.2) is 11.4 Å². The van der Waals surface area contributed by atoms with E-state index in [2.05, 4.69) is 10.3 Å². The van der Waals surface area contributed by atoms with Crippen LogP contribution >= 0.6 is 0 Å². The first-order chi connectivity index (χ1) is 12.6. The number of carbonyl (C=O) groups excluding carboxylic acids is 1. The van der Waals surface area contributed by atoms with Gasteiger partial charge in [-0.3, -0.25) is 9.78 Å². The molecule has 2 bridgehead atoms. The number of nitrogens with one attached hydrogen (secondary N) is 1. The van der Waals surface area contributed by atoms with E-state index in [-0.39, 0.29) is 17.1 Å². The molecular formula is C20H15FN2O3. The van der Waals surface area contributed by atoms with Gasteiger partial charge in [0, 0.05) is 29.2 Å². The SMILES string of the molecule is COc1ccc(NC(=O)c2c(-c3ccnc(C)c3)c3oc2cc3F)cc1. The van der Waals surface area contributed by atoms with E-state index in [4.69, 9.17) is 9.15 Å². The molecule has 0 spiro atoms. The van der Waals surface area contributed by atoms with Gasteiger partial charge in [0.1, 0.15) is 11.3 Å².